The smallest absolute Gasteiger partial charge is 0.420 e. The van der Waals surface area contributed by atoms with Crippen molar-refractivity contribution in [3.63, 3.8) is 0 Å². The van der Waals surface area contributed by atoms with E-state index in [0.717, 1.165) is 17.2 Å². The number of anilines is 1. The number of amides is 1. The van der Waals surface area contributed by atoms with E-state index in [2.05, 4.69) is 23.8 Å². The highest BCUT2D eigenvalue weighted by atomic mass is 31.3. The molecule has 56 heavy (non-hydrogen) atoms. The van der Waals surface area contributed by atoms with Crippen LogP contribution in [0.3, 0.4) is 0 Å². The fourth-order valence-electron chi connectivity index (χ4n) is 5.73. The number of nitrogens with two attached hydrogens (primary N) is 2. The Bertz CT molecular complexity index is 2160. The van der Waals surface area contributed by atoms with Crippen LogP contribution in [0.15, 0.2) is 48.9 Å². The quantitative estimate of drug-likeness (QED) is 0.0705. The average Bonchev–Trinajstić information content (AvgIpc) is 3.72. The van der Waals surface area contributed by atoms with Crippen LogP contribution >= 0.6 is 23.5 Å². The summed E-state index contributed by atoms with van der Waals surface area (Å²) < 4.78 is 78.5. The molecular weight excluding hydrogens is 827 g/mol. The third kappa shape index (κ3) is 8.32. The summed E-state index contributed by atoms with van der Waals surface area (Å²) in [5.41, 5.74) is 10.8. The van der Waals surface area contributed by atoms with E-state index in [0.29, 0.717) is 12.2 Å². The molecule has 4 aliphatic rings. The Balaban J connectivity index is 1.23. The molecule has 1 amide bonds. The molecule has 2 fully saturated rings. The lowest BCUT2D eigenvalue weighted by atomic mass is 10.0. The number of rotatable bonds is 13. The second-order valence-corrected chi connectivity index (χ2v) is 16.2. The standard InChI is InChI=1S/C25H30N7O21P3/c26-19-15-21(29-9-28-19)32(10-30-15)23-18(52-54(39,40)41)25(38)24(51-23,49-13(33)3-4-14(34)50-25)8-47-56(44,45)53-55(42,43)46-7-12-16(35)17(36)22(48-12)31-5-1-2-11(6-31)20(27)37/h1,3-6,9-10,12,16-18,22-23,35-36,38H,2,7-8H2,(H2,27,37)(H,42,43)(H,44,45)(H2,26,28,29)(H2,39,40,41)/b4-3-/t12-,16-,17-,18-,22-,23-,24+,25-/m1/s1. The molecule has 0 bridgehead atoms. The monoisotopic (exact) mass is 857 g/mol. The molecule has 2 saturated heterocycles. The summed E-state index contributed by atoms with van der Waals surface area (Å²) in [7, 11) is -17.5. The minimum absolute atomic E-state index is 0.115. The van der Waals surface area contributed by atoms with Crippen LogP contribution in [-0.4, -0.2) is 133 Å². The van der Waals surface area contributed by atoms with Gasteiger partial charge in [0.15, 0.2) is 30.0 Å². The molecule has 0 saturated carbocycles. The molecule has 11 N–H and O–H groups in total. The number of nitrogen functional groups attached to an aromatic ring is 1. The van der Waals surface area contributed by atoms with Crippen molar-refractivity contribution in [1.29, 1.82) is 0 Å². The van der Waals surface area contributed by atoms with Crippen molar-refractivity contribution in [3.8, 4) is 0 Å². The molecule has 0 spiro atoms. The van der Waals surface area contributed by atoms with E-state index < -0.39 is 103 Å². The number of nitrogens with zero attached hydrogens (tertiary/aromatic N) is 5. The number of imidazole rings is 1. The number of aliphatic hydroxyl groups excluding tert-OH is 2. The molecule has 306 valence electrons. The molecule has 2 aromatic heterocycles. The summed E-state index contributed by atoms with van der Waals surface area (Å²) in [5.74, 6) is -11.3. The van der Waals surface area contributed by atoms with Gasteiger partial charge in [-0.3, -0.25) is 22.9 Å². The SMILES string of the molecule is NC(=O)C1=CN([C@@H]2O[C@H](COP(=O)(O)OP(=O)(O)OC[C@@]34OC(=O)/C=C\C(=O)O[C@]3(O)[C@H](OP(=O)(O)O)[C@H](n3cnc5c(N)ncnc53)O4)[C@@H](O)[C@H]2O)C=CC1. The van der Waals surface area contributed by atoms with Gasteiger partial charge in [-0.25, -0.2) is 38.2 Å². The van der Waals surface area contributed by atoms with Crippen LogP contribution in [0.4, 0.5) is 5.82 Å². The number of carbonyl (C=O) groups is 3. The van der Waals surface area contributed by atoms with Crippen molar-refractivity contribution in [3.05, 3.63) is 48.9 Å². The first-order chi connectivity index (χ1) is 26.0. The molecule has 4 aliphatic heterocycles. The second-order valence-electron chi connectivity index (χ2n) is 11.9. The highest BCUT2D eigenvalue weighted by Crippen LogP contribution is 2.62. The topological polar surface area (TPSA) is 417 Å². The summed E-state index contributed by atoms with van der Waals surface area (Å²) in [4.78, 5) is 90.0. The van der Waals surface area contributed by atoms with E-state index in [4.69, 9.17) is 39.5 Å². The molecule has 2 aromatic rings. The molecule has 6 rings (SSSR count). The predicted octanol–water partition coefficient (Wildman–Crippen LogP) is -3.26. The number of aromatic nitrogens is 4. The van der Waals surface area contributed by atoms with Crippen molar-refractivity contribution in [2.45, 2.75) is 54.9 Å². The molecule has 31 heteroatoms. The van der Waals surface area contributed by atoms with Crippen LogP contribution in [0.25, 0.3) is 11.2 Å². The van der Waals surface area contributed by atoms with Crippen molar-refractivity contribution >= 4 is 58.3 Å². The molecule has 0 aromatic carbocycles. The van der Waals surface area contributed by atoms with Crippen LogP contribution in [0, 0.1) is 0 Å². The fraction of sp³-hybridized carbons (Fsp3) is 0.440. The summed E-state index contributed by atoms with van der Waals surface area (Å²) in [6, 6.07) is 0. The Labute approximate surface area is 310 Å². The van der Waals surface area contributed by atoms with Gasteiger partial charge in [0, 0.05) is 30.1 Å². The van der Waals surface area contributed by atoms with Gasteiger partial charge in [-0.2, -0.15) is 4.31 Å². The first kappa shape index (κ1) is 41.6. The zero-order valence-electron chi connectivity index (χ0n) is 27.7. The number of aliphatic hydroxyl groups is 3. The Morgan fingerprint density at radius 3 is 2.34 bits per heavy atom. The van der Waals surface area contributed by atoms with Gasteiger partial charge in [0.1, 0.15) is 36.8 Å². The average molecular weight is 857 g/mol. The summed E-state index contributed by atoms with van der Waals surface area (Å²) >= 11 is 0. The molecule has 0 radical (unpaired) electrons. The summed E-state index contributed by atoms with van der Waals surface area (Å²) in [5, 5.41) is 32.9. The van der Waals surface area contributed by atoms with Gasteiger partial charge in [-0.05, 0) is 6.42 Å². The van der Waals surface area contributed by atoms with E-state index in [1.165, 1.54) is 23.4 Å². The van der Waals surface area contributed by atoms with Gasteiger partial charge < -0.3 is 70.2 Å². The number of primary amides is 1. The van der Waals surface area contributed by atoms with Crippen LogP contribution in [0.2, 0.25) is 0 Å². The van der Waals surface area contributed by atoms with E-state index in [1.807, 2.05) is 0 Å². The molecule has 10 atom stereocenters. The maximum Gasteiger partial charge on any atom is 0.481 e. The zero-order chi connectivity index (χ0) is 41.0. The second kappa shape index (κ2) is 15.0. The van der Waals surface area contributed by atoms with Gasteiger partial charge in [-0.1, -0.05) is 6.08 Å². The number of phosphoric acid groups is 3. The minimum atomic E-state index is -6.00. The minimum Gasteiger partial charge on any atom is -0.420 e. The third-order valence-electron chi connectivity index (χ3n) is 8.18. The van der Waals surface area contributed by atoms with Crippen molar-refractivity contribution < 1.29 is 99.8 Å². The lowest BCUT2D eigenvalue weighted by Crippen LogP contribution is -2.63. The summed E-state index contributed by atoms with van der Waals surface area (Å²) in [6.45, 7) is -2.90. The van der Waals surface area contributed by atoms with Crippen molar-refractivity contribution in [2.75, 3.05) is 18.9 Å². The lowest BCUT2D eigenvalue weighted by Gasteiger charge is -2.39. The van der Waals surface area contributed by atoms with Crippen LogP contribution in [0.1, 0.15) is 12.6 Å². The lowest BCUT2D eigenvalue weighted by molar-refractivity contribution is -0.355. The Morgan fingerprint density at radius 2 is 1.66 bits per heavy atom. The highest BCUT2D eigenvalue weighted by molar-refractivity contribution is 7.61. The number of hydrogen-bond acceptors (Lipinski definition) is 22. The maximum absolute atomic E-state index is 13.1. The molecule has 6 heterocycles. The number of carbonyl (C=O) groups excluding carboxylic acids is 3. The molecule has 2 unspecified atom stereocenters. The molecule has 28 nitrogen and oxygen atoms in total. The Morgan fingerprint density at radius 1 is 0.982 bits per heavy atom. The van der Waals surface area contributed by atoms with E-state index in [-0.39, 0.29) is 29.0 Å². The number of ether oxygens (including phenoxy) is 4. The van der Waals surface area contributed by atoms with Crippen LogP contribution in [-0.2, 0) is 64.9 Å². The third-order valence-corrected chi connectivity index (χ3v) is 11.3. The van der Waals surface area contributed by atoms with Crippen molar-refractivity contribution in [1.82, 2.24) is 24.4 Å². The Kier molecular flexibility index (Phi) is 11.2. The van der Waals surface area contributed by atoms with Gasteiger partial charge in [0.25, 0.3) is 0 Å². The van der Waals surface area contributed by atoms with Gasteiger partial charge in [0.05, 0.1) is 12.9 Å². The highest BCUT2D eigenvalue weighted by Gasteiger charge is 2.75. The van der Waals surface area contributed by atoms with E-state index in [9.17, 15) is 63.0 Å². The zero-order valence-corrected chi connectivity index (χ0v) is 30.4. The van der Waals surface area contributed by atoms with E-state index in [1.54, 1.807) is 0 Å². The van der Waals surface area contributed by atoms with Crippen LogP contribution < -0.4 is 11.5 Å². The normalized spacial score (nSPS) is 33.4. The fourth-order valence-corrected chi connectivity index (χ4v) is 8.36. The number of fused-ring (bicyclic) bond motifs is 2. The van der Waals surface area contributed by atoms with Crippen molar-refractivity contribution in [2.24, 2.45) is 5.73 Å². The van der Waals surface area contributed by atoms with E-state index >= 15 is 0 Å². The maximum atomic E-state index is 13.1. The number of esters is 2. The van der Waals surface area contributed by atoms with Crippen LogP contribution in [0.5, 0.6) is 0 Å². The largest absolute Gasteiger partial charge is 0.481 e. The number of allylic oxidation sites excluding steroid dienone is 1. The van der Waals surface area contributed by atoms with Gasteiger partial charge in [-0.15, -0.1) is 0 Å². The number of phosphoric ester groups is 3. The molecular formula is C25H30N7O21P3. The van der Waals surface area contributed by atoms with Gasteiger partial charge >= 0.3 is 47.0 Å². The predicted molar refractivity (Wildman–Crippen MR) is 172 cm³/mol. The first-order valence-electron chi connectivity index (χ1n) is 15.4. The summed E-state index contributed by atoms with van der Waals surface area (Å²) in [6.07, 6.45) is -4.41. The van der Waals surface area contributed by atoms with Gasteiger partial charge in [0.2, 0.25) is 5.91 Å². The molecule has 0 aliphatic carbocycles. The first-order valence-corrected chi connectivity index (χ1v) is 19.9. The number of hydrogen-bond donors (Lipinski definition) is 9. The Hall–Kier alpha value is -4.05.